The van der Waals surface area contributed by atoms with Crippen LogP contribution in [0.4, 0.5) is 0 Å². The molecule has 2 aromatic rings. The molecule has 0 N–H and O–H groups in total. The van der Waals surface area contributed by atoms with Crippen LogP contribution in [0.5, 0.6) is 5.75 Å². The summed E-state index contributed by atoms with van der Waals surface area (Å²) in [6.07, 6.45) is 0. The van der Waals surface area contributed by atoms with E-state index in [4.69, 9.17) is 9.15 Å². The summed E-state index contributed by atoms with van der Waals surface area (Å²) in [6, 6.07) is 7.01. The molecular weight excluding hydrogens is 192 g/mol. The van der Waals surface area contributed by atoms with Crippen LogP contribution in [-0.4, -0.2) is 6.61 Å². The molecule has 78 valence electrons. The Morgan fingerprint density at radius 2 is 2.13 bits per heavy atom. The minimum atomic E-state index is -0.325. The highest BCUT2D eigenvalue weighted by Crippen LogP contribution is 2.21. The molecule has 0 aliphatic carbocycles. The van der Waals surface area contributed by atoms with Crippen molar-refractivity contribution < 1.29 is 9.15 Å². The van der Waals surface area contributed by atoms with Crippen LogP contribution in [0, 0.1) is 6.92 Å². The van der Waals surface area contributed by atoms with Gasteiger partial charge in [-0.1, -0.05) is 0 Å². The number of rotatable bonds is 2. The van der Waals surface area contributed by atoms with Crippen LogP contribution in [0.1, 0.15) is 12.5 Å². The predicted octanol–water partition coefficient (Wildman–Crippen LogP) is 2.50. The second-order valence-corrected chi connectivity index (χ2v) is 3.34. The quantitative estimate of drug-likeness (QED) is 0.705. The Morgan fingerprint density at radius 1 is 1.33 bits per heavy atom. The van der Waals surface area contributed by atoms with Gasteiger partial charge in [-0.3, -0.25) is 0 Å². The molecule has 0 bridgehead atoms. The number of hydrogen-bond donors (Lipinski definition) is 0. The standard InChI is InChI=1S/C12H12O3/c1-3-14-9-4-5-10-8(2)6-12(13)15-11(10)7-9/h4-7H,3H2,1-2H3. The third-order valence-electron chi connectivity index (χ3n) is 2.23. The van der Waals surface area contributed by atoms with E-state index in [-0.39, 0.29) is 5.63 Å². The summed E-state index contributed by atoms with van der Waals surface area (Å²) in [5.41, 5.74) is 1.17. The van der Waals surface area contributed by atoms with E-state index in [1.165, 1.54) is 6.07 Å². The summed E-state index contributed by atoms with van der Waals surface area (Å²) >= 11 is 0. The second kappa shape index (κ2) is 3.77. The van der Waals surface area contributed by atoms with Crippen LogP contribution < -0.4 is 10.4 Å². The van der Waals surface area contributed by atoms with Crippen molar-refractivity contribution in [3.8, 4) is 5.75 Å². The summed E-state index contributed by atoms with van der Waals surface area (Å²) < 4.78 is 10.4. The molecule has 1 aromatic heterocycles. The van der Waals surface area contributed by atoms with Crippen molar-refractivity contribution in [3.05, 3.63) is 40.2 Å². The monoisotopic (exact) mass is 204 g/mol. The van der Waals surface area contributed by atoms with Crippen molar-refractivity contribution in [1.82, 2.24) is 0 Å². The molecule has 3 heteroatoms. The maximum atomic E-state index is 11.2. The Balaban J connectivity index is 2.65. The first-order chi connectivity index (χ1) is 7.20. The van der Waals surface area contributed by atoms with Gasteiger partial charge in [0.1, 0.15) is 11.3 Å². The van der Waals surface area contributed by atoms with E-state index in [0.717, 1.165) is 16.7 Å². The highest BCUT2D eigenvalue weighted by Gasteiger charge is 2.03. The van der Waals surface area contributed by atoms with Crippen molar-refractivity contribution in [1.29, 1.82) is 0 Å². The molecule has 0 saturated heterocycles. The van der Waals surface area contributed by atoms with Gasteiger partial charge in [-0.2, -0.15) is 0 Å². The normalized spacial score (nSPS) is 10.5. The van der Waals surface area contributed by atoms with E-state index in [1.807, 2.05) is 26.0 Å². The Morgan fingerprint density at radius 3 is 2.87 bits per heavy atom. The summed E-state index contributed by atoms with van der Waals surface area (Å²) in [4.78, 5) is 11.2. The molecule has 0 amide bonds. The van der Waals surface area contributed by atoms with Crippen LogP contribution in [0.25, 0.3) is 11.0 Å². The zero-order valence-electron chi connectivity index (χ0n) is 8.74. The van der Waals surface area contributed by atoms with E-state index in [9.17, 15) is 4.79 Å². The fourth-order valence-electron chi connectivity index (χ4n) is 1.56. The summed E-state index contributed by atoms with van der Waals surface area (Å²) in [5.74, 6) is 0.721. The predicted molar refractivity (Wildman–Crippen MR) is 58.4 cm³/mol. The second-order valence-electron chi connectivity index (χ2n) is 3.34. The van der Waals surface area contributed by atoms with Gasteiger partial charge in [0.05, 0.1) is 6.61 Å². The smallest absolute Gasteiger partial charge is 0.336 e. The Hall–Kier alpha value is -1.77. The van der Waals surface area contributed by atoms with Gasteiger partial charge in [0.2, 0.25) is 0 Å². The van der Waals surface area contributed by atoms with Gasteiger partial charge in [-0.25, -0.2) is 4.79 Å². The maximum Gasteiger partial charge on any atom is 0.336 e. The lowest BCUT2D eigenvalue weighted by Crippen LogP contribution is -1.98. The zero-order valence-corrected chi connectivity index (χ0v) is 8.74. The van der Waals surface area contributed by atoms with Crippen LogP contribution in [0.3, 0.4) is 0 Å². The van der Waals surface area contributed by atoms with Gasteiger partial charge in [0.25, 0.3) is 0 Å². The van der Waals surface area contributed by atoms with Crippen LogP contribution in [-0.2, 0) is 0 Å². The first kappa shape index (κ1) is 9.77. The Labute approximate surface area is 87.3 Å². The molecule has 0 fully saturated rings. The third kappa shape index (κ3) is 1.86. The zero-order chi connectivity index (χ0) is 10.8. The lowest BCUT2D eigenvalue weighted by molar-refractivity contribution is 0.340. The minimum absolute atomic E-state index is 0.325. The molecule has 0 saturated carbocycles. The number of ether oxygens (including phenoxy) is 1. The number of benzene rings is 1. The molecular formula is C12H12O3. The third-order valence-corrected chi connectivity index (χ3v) is 2.23. The largest absolute Gasteiger partial charge is 0.494 e. The lowest BCUT2D eigenvalue weighted by atomic mass is 10.1. The number of hydrogen-bond acceptors (Lipinski definition) is 3. The molecule has 0 aliphatic rings. The molecule has 2 rings (SSSR count). The molecule has 0 radical (unpaired) electrons. The van der Waals surface area contributed by atoms with Crippen molar-refractivity contribution >= 4 is 11.0 Å². The van der Waals surface area contributed by atoms with Gasteiger partial charge < -0.3 is 9.15 Å². The molecule has 0 aliphatic heterocycles. The van der Waals surface area contributed by atoms with E-state index in [1.54, 1.807) is 6.07 Å². The highest BCUT2D eigenvalue weighted by molar-refractivity contribution is 5.81. The van der Waals surface area contributed by atoms with Gasteiger partial charge >= 0.3 is 5.63 Å². The van der Waals surface area contributed by atoms with Crippen molar-refractivity contribution in [3.63, 3.8) is 0 Å². The number of aryl methyl sites for hydroxylation is 1. The lowest BCUT2D eigenvalue weighted by Gasteiger charge is -2.04. The first-order valence-electron chi connectivity index (χ1n) is 4.88. The van der Waals surface area contributed by atoms with Gasteiger partial charge in [-0.05, 0) is 31.5 Å². The highest BCUT2D eigenvalue weighted by atomic mass is 16.5. The summed E-state index contributed by atoms with van der Waals surface area (Å²) in [6.45, 7) is 4.40. The Bertz CT molecular complexity index is 540. The van der Waals surface area contributed by atoms with Crippen LogP contribution in [0.15, 0.2) is 33.5 Å². The maximum absolute atomic E-state index is 11.2. The molecule has 1 aromatic carbocycles. The van der Waals surface area contributed by atoms with Gasteiger partial charge in [0, 0.05) is 17.5 Å². The average Bonchev–Trinajstić information content (AvgIpc) is 2.17. The van der Waals surface area contributed by atoms with E-state index in [2.05, 4.69) is 0 Å². The van der Waals surface area contributed by atoms with E-state index >= 15 is 0 Å². The first-order valence-corrected chi connectivity index (χ1v) is 4.88. The average molecular weight is 204 g/mol. The number of fused-ring (bicyclic) bond motifs is 1. The molecule has 15 heavy (non-hydrogen) atoms. The molecule has 0 unspecified atom stereocenters. The topological polar surface area (TPSA) is 39.4 Å². The Kier molecular flexibility index (Phi) is 2.46. The van der Waals surface area contributed by atoms with E-state index in [0.29, 0.717) is 12.2 Å². The van der Waals surface area contributed by atoms with E-state index < -0.39 is 0 Å². The molecule has 0 atom stereocenters. The molecule has 3 nitrogen and oxygen atoms in total. The van der Waals surface area contributed by atoms with Crippen molar-refractivity contribution in [2.75, 3.05) is 6.61 Å². The molecule has 0 spiro atoms. The molecule has 1 heterocycles. The fourth-order valence-corrected chi connectivity index (χ4v) is 1.56. The SMILES string of the molecule is CCOc1ccc2c(C)cc(=O)oc2c1. The minimum Gasteiger partial charge on any atom is -0.494 e. The van der Waals surface area contributed by atoms with Crippen LogP contribution >= 0.6 is 0 Å². The fraction of sp³-hybridized carbons (Fsp3) is 0.250. The van der Waals surface area contributed by atoms with Gasteiger partial charge in [0.15, 0.2) is 0 Å². The van der Waals surface area contributed by atoms with Gasteiger partial charge in [-0.15, -0.1) is 0 Å². The summed E-state index contributed by atoms with van der Waals surface area (Å²) in [5, 5.41) is 0.943. The van der Waals surface area contributed by atoms with Crippen LogP contribution in [0.2, 0.25) is 0 Å². The van der Waals surface area contributed by atoms with Crippen molar-refractivity contribution in [2.24, 2.45) is 0 Å². The summed E-state index contributed by atoms with van der Waals surface area (Å²) in [7, 11) is 0. The van der Waals surface area contributed by atoms with Crippen molar-refractivity contribution in [2.45, 2.75) is 13.8 Å².